The van der Waals surface area contributed by atoms with Gasteiger partial charge in [0.2, 0.25) is 4.77 Å². The monoisotopic (exact) mass is 305 g/mol. The first kappa shape index (κ1) is 14.3. The number of likely N-dealkylation sites (tertiary alicyclic amines) is 1. The summed E-state index contributed by atoms with van der Waals surface area (Å²) in [6.07, 6.45) is 2.61. The first-order chi connectivity index (χ1) is 10.2. The molecule has 112 valence electrons. The molecule has 0 bridgehead atoms. The smallest absolute Gasteiger partial charge is 0.202 e. The second-order valence-electron chi connectivity index (χ2n) is 5.51. The Kier molecular flexibility index (Phi) is 4.07. The second kappa shape index (κ2) is 5.99. The van der Waals surface area contributed by atoms with Gasteiger partial charge in [-0.25, -0.2) is 0 Å². The van der Waals surface area contributed by atoms with Crippen LogP contribution >= 0.6 is 12.2 Å². The summed E-state index contributed by atoms with van der Waals surface area (Å²) in [4.78, 5) is 1.56. The number of ether oxygens (including phenoxy) is 1. The van der Waals surface area contributed by atoms with E-state index in [1.165, 1.54) is 25.9 Å². The Morgan fingerprint density at radius 2 is 2.10 bits per heavy atom. The quantitative estimate of drug-likeness (QED) is 0.864. The van der Waals surface area contributed by atoms with Crippen molar-refractivity contribution >= 4 is 12.2 Å². The summed E-state index contributed by atoms with van der Waals surface area (Å²) in [5.74, 6) is 1.72. The average molecular weight is 305 g/mol. The first-order valence-electron chi connectivity index (χ1n) is 7.31. The van der Waals surface area contributed by atoms with Gasteiger partial charge in [0.1, 0.15) is 5.75 Å². The number of hydrogen-bond acceptors (Lipinski definition) is 3. The fraction of sp³-hybridized carbons (Fsp3) is 0.467. The molecule has 0 amide bonds. The standard InChI is InChI=1S/C15H20N4OS/c1-17-14(12-6-5-7-13(10-12)20-2)16-19(15(17)21)11-18-8-3-4-9-18/h5-7,10H,3-4,8-9,11H2,1-2H3/p+1. The molecule has 6 heteroatoms. The van der Waals surface area contributed by atoms with E-state index in [0.29, 0.717) is 0 Å². The fourth-order valence-electron chi connectivity index (χ4n) is 2.85. The van der Waals surface area contributed by atoms with Gasteiger partial charge in [0.15, 0.2) is 12.5 Å². The molecule has 21 heavy (non-hydrogen) atoms. The van der Waals surface area contributed by atoms with Gasteiger partial charge in [0.05, 0.1) is 20.2 Å². The van der Waals surface area contributed by atoms with Crippen LogP contribution in [-0.2, 0) is 13.7 Å². The molecular formula is C15H21N4OS+. The highest BCUT2D eigenvalue weighted by molar-refractivity contribution is 7.71. The van der Waals surface area contributed by atoms with Crippen molar-refractivity contribution in [3.63, 3.8) is 0 Å². The van der Waals surface area contributed by atoms with E-state index in [0.717, 1.165) is 28.6 Å². The normalized spacial score (nSPS) is 15.5. The number of nitrogens with zero attached hydrogens (tertiary/aromatic N) is 3. The number of hydrogen-bond donors (Lipinski definition) is 1. The highest BCUT2D eigenvalue weighted by Gasteiger charge is 2.18. The van der Waals surface area contributed by atoms with Crippen LogP contribution < -0.4 is 9.64 Å². The summed E-state index contributed by atoms with van der Waals surface area (Å²) in [5.41, 5.74) is 1.03. The van der Waals surface area contributed by atoms with Crippen LogP contribution in [0.2, 0.25) is 0 Å². The molecule has 1 saturated heterocycles. The second-order valence-corrected chi connectivity index (χ2v) is 5.88. The molecule has 0 radical (unpaired) electrons. The minimum Gasteiger partial charge on any atom is -0.497 e. The Labute approximate surface area is 129 Å². The van der Waals surface area contributed by atoms with E-state index in [9.17, 15) is 0 Å². The Hall–Kier alpha value is -1.66. The van der Waals surface area contributed by atoms with Crippen molar-refractivity contribution in [2.45, 2.75) is 19.5 Å². The maximum atomic E-state index is 5.53. The summed E-state index contributed by atoms with van der Waals surface area (Å²) in [6, 6.07) is 7.93. The minimum atomic E-state index is 0.771. The summed E-state index contributed by atoms with van der Waals surface area (Å²) in [6.45, 7) is 3.29. The van der Waals surface area contributed by atoms with E-state index in [4.69, 9.17) is 22.1 Å². The van der Waals surface area contributed by atoms with Gasteiger partial charge in [-0.2, -0.15) is 4.68 Å². The molecule has 1 fully saturated rings. The predicted octanol–water partition coefficient (Wildman–Crippen LogP) is 1.26. The van der Waals surface area contributed by atoms with Gasteiger partial charge in [-0.3, -0.25) is 0 Å². The molecule has 1 aromatic heterocycles. The number of rotatable bonds is 4. The van der Waals surface area contributed by atoms with E-state index in [2.05, 4.69) is 0 Å². The van der Waals surface area contributed by atoms with Crippen molar-refractivity contribution in [2.75, 3.05) is 20.2 Å². The Morgan fingerprint density at radius 3 is 2.81 bits per heavy atom. The largest absolute Gasteiger partial charge is 0.497 e. The summed E-state index contributed by atoms with van der Waals surface area (Å²) in [7, 11) is 3.65. The van der Waals surface area contributed by atoms with Gasteiger partial charge in [0, 0.05) is 25.5 Å². The van der Waals surface area contributed by atoms with Gasteiger partial charge in [-0.15, -0.1) is 5.10 Å². The number of nitrogens with one attached hydrogen (secondary N) is 1. The van der Waals surface area contributed by atoms with E-state index < -0.39 is 0 Å². The zero-order valence-electron chi connectivity index (χ0n) is 12.5. The third-order valence-corrected chi connectivity index (χ3v) is 4.54. The molecule has 0 spiro atoms. The maximum absolute atomic E-state index is 5.53. The third-order valence-electron chi connectivity index (χ3n) is 4.05. The molecule has 1 aromatic carbocycles. The SMILES string of the molecule is COc1cccc(-c2nn(C[NH+]3CCCC3)c(=S)n2C)c1. The zero-order valence-corrected chi connectivity index (χ0v) is 13.3. The maximum Gasteiger partial charge on any atom is 0.202 e. The lowest BCUT2D eigenvalue weighted by molar-refractivity contribution is -0.911. The molecular weight excluding hydrogens is 284 g/mol. The predicted molar refractivity (Wildman–Crippen MR) is 84.0 cm³/mol. The van der Waals surface area contributed by atoms with E-state index in [1.54, 1.807) is 12.0 Å². The average Bonchev–Trinajstić information content (AvgIpc) is 3.11. The Balaban J connectivity index is 1.93. The molecule has 1 N–H and O–H groups in total. The highest BCUT2D eigenvalue weighted by Crippen LogP contribution is 2.22. The zero-order chi connectivity index (χ0) is 14.8. The first-order valence-corrected chi connectivity index (χ1v) is 7.71. The third kappa shape index (κ3) is 2.87. The van der Waals surface area contributed by atoms with Gasteiger partial charge in [-0.1, -0.05) is 12.1 Å². The molecule has 2 aromatic rings. The van der Waals surface area contributed by atoms with E-state index in [1.807, 2.05) is 40.6 Å². The van der Waals surface area contributed by atoms with Crippen molar-refractivity contribution in [1.29, 1.82) is 0 Å². The minimum absolute atomic E-state index is 0.771. The van der Waals surface area contributed by atoms with Gasteiger partial charge in [0.25, 0.3) is 0 Å². The van der Waals surface area contributed by atoms with Crippen LogP contribution in [-0.4, -0.2) is 34.5 Å². The molecule has 0 atom stereocenters. The van der Waals surface area contributed by atoms with Crippen molar-refractivity contribution in [1.82, 2.24) is 14.3 Å². The fourth-order valence-corrected chi connectivity index (χ4v) is 3.04. The van der Waals surface area contributed by atoms with Gasteiger partial charge in [-0.05, 0) is 24.4 Å². The topological polar surface area (TPSA) is 36.4 Å². The van der Waals surface area contributed by atoms with Gasteiger partial charge >= 0.3 is 0 Å². The highest BCUT2D eigenvalue weighted by atomic mass is 32.1. The molecule has 3 rings (SSSR count). The van der Waals surface area contributed by atoms with Crippen molar-refractivity contribution in [2.24, 2.45) is 7.05 Å². The molecule has 0 unspecified atom stereocenters. The van der Waals surface area contributed by atoms with Crippen LogP contribution in [0.3, 0.4) is 0 Å². The van der Waals surface area contributed by atoms with Crippen molar-refractivity contribution in [3.8, 4) is 17.1 Å². The lowest BCUT2D eigenvalue weighted by Gasteiger charge is -2.10. The number of aromatic nitrogens is 3. The molecule has 0 aliphatic carbocycles. The van der Waals surface area contributed by atoms with Crippen LogP contribution in [0.15, 0.2) is 24.3 Å². The summed E-state index contributed by atoms with van der Waals surface area (Å²) in [5, 5.41) is 4.72. The number of benzene rings is 1. The molecule has 1 aliphatic rings. The summed E-state index contributed by atoms with van der Waals surface area (Å²) < 4.78 is 9.98. The Bertz CT molecular complexity index is 685. The molecule has 2 heterocycles. The molecule has 0 saturated carbocycles. The lowest BCUT2D eigenvalue weighted by Crippen LogP contribution is -3.09. The van der Waals surface area contributed by atoms with Crippen LogP contribution in [0.1, 0.15) is 12.8 Å². The lowest BCUT2D eigenvalue weighted by atomic mass is 10.2. The Morgan fingerprint density at radius 1 is 1.33 bits per heavy atom. The van der Waals surface area contributed by atoms with E-state index in [-0.39, 0.29) is 0 Å². The van der Waals surface area contributed by atoms with E-state index >= 15 is 0 Å². The van der Waals surface area contributed by atoms with Crippen LogP contribution in [0.25, 0.3) is 11.4 Å². The van der Waals surface area contributed by atoms with Crippen molar-refractivity contribution in [3.05, 3.63) is 29.0 Å². The van der Waals surface area contributed by atoms with Crippen LogP contribution in [0.4, 0.5) is 0 Å². The van der Waals surface area contributed by atoms with Crippen molar-refractivity contribution < 1.29 is 9.64 Å². The van der Waals surface area contributed by atoms with Gasteiger partial charge < -0.3 is 14.2 Å². The van der Waals surface area contributed by atoms with Crippen LogP contribution in [0, 0.1) is 4.77 Å². The molecule has 1 aliphatic heterocycles. The van der Waals surface area contributed by atoms with Crippen LogP contribution in [0.5, 0.6) is 5.75 Å². The summed E-state index contributed by atoms with van der Waals surface area (Å²) >= 11 is 5.53. The number of methoxy groups -OCH3 is 1. The molecule has 5 nitrogen and oxygen atoms in total. The number of quaternary nitrogens is 1.